The fourth-order valence-corrected chi connectivity index (χ4v) is 12.7. The van der Waals surface area contributed by atoms with Gasteiger partial charge in [-0.15, -0.1) is 0 Å². The lowest BCUT2D eigenvalue weighted by Crippen LogP contribution is -2.70. The maximum absolute atomic E-state index is 13.4. The Kier molecular flexibility index (Phi) is 44.1. The Hall–Kier alpha value is -2.27. The molecule has 3 aliphatic rings. The van der Waals surface area contributed by atoms with E-state index >= 15 is 0 Å². The van der Waals surface area contributed by atoms with Crippen LogP contribution in [0.4, 0.5) is 0 Å². The van der Waals surface area contributed by atoms with E-state index in [0.29, 0.717) is 19.3 Å². The van der Waals surface area contributed by atoms with Gasteiger partial charge in [0.2, 0.25) is 11.8 Å². The molecule has 18 atom stereocenters. The molecular weight excluding hydrogens is 1170 g/mol. The Morgan fingerprint density at radius 3 is 1.39 bits per heavy atom. The van der Waals surface area contributed by atoms with Crippen LogP contribution in [0.25, 0.3) is 0 Å². The van der Waals surface area contributed by atoms with Crippen LogP contribution in [-0.2, 0) is 42.8 Å². The van der Waals surface area contributed by atoms with Crippen molar-refractivity contribution in [2.75, 3.05) is 26.4 Å². The molecule has 0 spiro atoms. The number of rotatable bonds is 54. The van der Waals surface area contributed by atoms with Gasteiger partial charge < -0.3 is 100 Å². The molecule has 3 fully saturated rings. The zero-order chi connectivity index (χ0) is 66.1. The van der Waals surface area contributed by atoms with E-state index in [1.165, 1.54) is 167 Å². The number of ether oxygens (including phenoxy) is 6. The van der Waals surface area contributed by atoms with Crippen LogP contribution in [0, 0.1) is 0 Å². The summed E-state index contributed by atoms with van der Waals surface area (Å²) in [6.07, 6.45) is 15.5. The van der Waals surface area contributed by atoms with E-state index in [4.69, 9.17) is 28.4 Å². The van der Waals surface area contributed by atoms with Crippen LogP contribution in [0.3, 0.4) is 0 Å². The molecular formula is C67H126N2O21. The van der Waals surface area contributed by atoms with Crippen LogP contribution in [0.1, 0.15) is 271 Å². The molecule has 0 aromatic rings. The summed E-state index contributed by atoms with van der Waals surface area (Å²) in [5, 5.41) is 136. The number of carbonyl (C=O) groups is 3. The van der Waals surface area contributed by atoms with Gasteiger partial charge in [-0.2, -0.15) is 0 Å². The van der Waals surface area contributed by atoms with Crippen LogP contribution in [0.5, 0.6) is 0 Å². The minimum absolute atomic E-state index is 0.228. The van der Waals surface area contributed by atoms with Gasteiger partial charge in [-0.1, -0.05) is 239 Å². The topological polar surface area (TPSA) is 373 Å². The van der Waals surface area contributed by atoms with Gasteiger partial charge >= 0.3 is 5.97 Å². The first-order valence-corrected chi connectivity index (χ1v) is 35.4. The second-order valence-electron chi connectivity index (χ2n) is 26.1. The van der Waals surface area contributed by atoms with Gasteiger partial charge in [0.05, 0.1) is 50.7 Å². The summed E-state index contributed by atoms with van der Waals surface area (Å²) in [5.74, 6) is -6.09. The molecule has 3 rings (SSSR count). The lowest BCUT2D eigenvalue weighted by atomic mass is 9.88. The Bertz CT molecular complexity index is 1830. The highest BCUT2D eigenvalue weighted by atomic mass is 16.8. The van der Waals surface area contributed by atoms with Crippen molar-refractivity contribution >= 4 is 17.8 Å². The smallest absolute Gasteiger partial charge is 0.364 e. The Morgan fingerprint density at radius 1 is 0.533 bits per heavy atom. The van der Waals surface area contributed by atoms with Crippen LogP contribution in [0.2, 0.25) is 0 Å². The quantitative estimate of drug-likeness (QED) is 0.0288. The van der Waals surface area contributed by atoms with Crippen LogP contribution < -0.4 is 10.6 Å². The molecule has 90 heavy (non-hydrogen) atoms. The maximum atomic E-state index is 13.4. The largest absolute Gasteiger partial charge is 0.477 e. The van der Waals surface area contributed by atoms with Crippen molar-refractivity contribution in [1.29, 1.82) is 0 Å². The molecule has 23 nitrogen and oxygen atoms in total. The first kappa shape index (κ1) is 82.0. The fraction of sp³-hybridized carbons (Fsp3) is 0.955. The maximum Gasteiger partial charge on any atom is 0.364 e. The van der Waals surface area contributed by atoms with Crippen LogP contribution in [-0.4, -0.2) is 215 Å². The molecule has 0 saturated carbocycles. The van der Waals surface area contributed by atoms with E-state index in [2.05, 4.69) is 24.5 Å². The minimum Gasteiger partial charge on any atom is -0.477 e. The standard InChI is InChI=1S/C67H126N2O21/c1-4-6-8-10-12-14-16-18-19-20-21-22-23-24-25-26-27-28-29-30-32-34-36-38-40-49(74)48(69-54(77)41-39-37-35-33-31-17-15-13-11-9-7-5-2)46-85-64-59(81)58(80)61(53(45-72)87-64)88-65-60(82)63(57(79)52(44-71)86-65)90-67(66(83)84)42-50(75)55(68-47(3)73)62(89-67)56(78)51(76)43-70/h48-53,55-65,70-72,74-76,78-82H,4-46H2,1-3H3,(H,68,73)(H,69,77)(H,83,84). The normalized spacial score (nSPS) is 28.5. The second-order valence-corrected chi connectivity index (χ2v) is 26.1. The number of hydrogen-bond acceptors (Lipinski definition) is 20. The van der Waals surface area contributed by atoms with E-state index in [-0.39, 0.29) is 18.9 Å². The van der Waals surface area contributed by atoms with Crippen LogP contribution >= 0.6 is 0 Å². The number of aliphatic hydroxyl groups is 11. The van der Waals surface area contributed by atoms with Crippen molar-refractivity contribution in [3.8, 4) is 0 Å². The van der Waals surface area contributed by atoms with Crippen LogP contribution in [0.15, 0.2) is 0 Å². The highest BCUT2D eigenvalue weighted by Gasteiger charge is 2.60. The van der Waals surface area contributed by atoms with Crippen molar-refractivity contribution in [1.82, 2.24) is 10.6 Å². The predicted molar refractivity (Wildman–Crippen MR) is 339 cm³/mol. The molecule has 3 saturated heterocycles. The summed E-state index contributed by atoms with van der Waals surface area (Å²) in [6.45, 7) is 2.21. The van der Waals surface area contributed by atoms with E-state index in [9.17, 15) is 75.7 Å². The SMILES string of the molecule is CCCCCCCCCCCCCCCCCCCCCCCCCCC(O)C(COC1OC(CO)C(OC2OC(CO)C(O)C(OC3(C(=O)O)CC(O)C(NC(C)=O)C(C(O)C(O)CO)O3)C2O)C(O)C1O)NC(=O)CCCCCCCCCCCCCC. The first-order chi connectivity index (χ1) is 43.4. The fourth-order valence-electron chi connectivity index (χ4n) is 12.7. The molecule has 18 unspecified atom stereocenters. The summed E-state index contributed by atoms with van der Waals surface area (Å²) < 4.78 is 34.8. The summed E-state index contributed by atoms with van der Waals surface area (Å²) in [5.41, 5.74) is 0. The van der Waals surface area contributed by atoms with Crippen molar-refractivity contribution in [2.45, 2.75) is 381 Å². The van der Waals surface area contributed by atoms with E-state index in [1.54, 1.807) is 0 Å². The Labute approximate surface area is 538 Å². The van der Waals surface area contributed by atoms with Gasteiger partial charge in [-0.05, 0) is 12.8 Å². The monoisotopic (exact) mass is 1290 g/mol. The lowest BCUT2D eigenvalue weighted by molar-refractivity contribution is -0.386. The average molecular weight is 1300 g/mol. The van der Waals surface area contributed by atoms with E-state index in [0.717, 1.165) is 58.3 Å². The predicted octanol–water partition coefficient (Wildman–Crippen LogP) is 6.51. The van der Waals surface area contributed by atoms with E-state index < -0.39 is 148 Å². The number of nitrogens with one attached hydrogen (secondary N) is 2. The molecule has 0 radical (unpaired) electrons. The third kappa shape index (κ3) is 30.6. The minimum atomic E-state index is -3.08. The number of carboxylic acids is 1. The molecule has 0 aliphatic carbocycles. The number of aliphatic carboxylic acids is 1. The molecule has 3 aliphatic heterocycles. The molecule has 0 aromatic heterocycles. The van der Waals surface area contributed by atoms with Crippen molar-refractivity contribution in [2.24, 2.45) is 0 Å². The third-order valence-corrected chi connectivity index (χ3v) is 18.3. The first-order valence-electron chi connectivity index (χ1n) is 35.4. The van der Waals surface area contributed by atoms with Crippen molar-refractivity contribution in [3.05, 3.63) is 0 Å². The lowest BCUT2D eigenvalue weighted by Gasteiger charge is -2.50. The zero-order valence-corrected chi connectivity index (χ0v) is 55.3. The van der Waals surface area contributed by atoms with Gasteiger partial charge in [0, 0.05) is 19.8 Å². The van der Waals surface area contributed by atoms with Crippen molar-refractivity contribution < 1.29 is 104 Å². The number of carboxylic acid groups (broad SMARTS) is 1. The molecule has 0 bridgehead atoms. The Morgan fingerprint density at radius 2 is 0.967 bits per heavy atom. The molecule has 0 aromatic carbocycles. The molecule has 2 amide bonds. The molecule has 3 heterocycles. The van der Waals surface area contributed by atoms with Gasteiger partial charge in [0.15, 0.2) is 12.6 Å². The molecule has 14 N–H and O–H groups in total. The summed E-state index contributed by atoms with van der Waals surface area (Å²) >= 11 is 0. The number of hydrogen-bond donors (Lipinski definition) is 14. The Balaban J connectivity index is 1.55. The molecule has 530 valence electrons. The van der Waals surface area contributed by atoms with Gasteiger partial charge in [-0.3, -0.25) is 9.59 Å². The zero-order valence-electron chi connectivity index (χ0n) is 55.3. The summed E-state index contributed by atoms with van der Waals surface area (Å²) in [7, 11) is 0. The number of carbonyl (C=O) groups excluding carboxylic acids is 2. The summed E-state index contributed by atoms with van der Waals surface area (Å²) in [6, 6.07) is -2.52. The van der Waals surface area contributed by atoms with E-state index in [1.807, 2.05) is 0 Å². The second kappa shape index (κ2) is 48.4. The van der Waals surface area contributed by atoms with Gasteiger partial charge in [0.1, 0.15) is 67.1 Å². The number of unbranched alkanes of at least 4 members (excludes halogenated alkanes) is 34. The average Bonchev–Trinajstić information content (AvgIpc) is 0.799. The molecule has 23 heteroatoms. The number of amides is 2. The highest BCUT2D eigenvalue weighted by Crippen LogP contribution is 2.39. The van der Waals surface area contributed by atoms with Gasteiger partial charge in [-0.25, -0.2) is 4.79 Å². The highest BCUT2D eigenvalue weighted by molar-refractivity contribution is 5.77. The number of aliphatic hydroxyl groups excluding tert-OH is 11. The van der Waals surface area contributed by atoms with Gasteiger partial charge in [0.25, 0.3) is 5.79 Å². The summed E-state index contributed by atoms with van der Waals surface area (Å²) in [4.78, 5) is 38.5. The third-order valence-electron chi connectivity index (χ3n) is 18.3. The van der Waals surface area contributed by atoms with Crippen molar-refractivity contribution in [3.63, 3.8) is 0 Å².